The molecule has 2 aromatic rings. The molecule has 3 rings (SSSR count). The molecule has 1 aromatic carbocycles. The van der Waals surface area contributed by atoms with Crippen LogP contribution in [0.2, 0.25) is 0 Å². The Kier molecular flexibility index (Phi) is 4.14. The van der Waals surface area contributed by atoms with Crippen molar-refractivity contribution in [1.82, 2.24) is 4.90 Å². The molecule has 6 heteroatoms. The standard InChI is InChI=1S/C17H17NO5/c1-11(15(19)18-8-4-5-9-18)22-16(20)13-10-12-6-2-3-7-14(12)23-17(13)21/h2-3,6-7,10-11H,4-5,8-9H2,1H3/t11-/m1/s1. The zero-order chi connectivity index (χ0) is 16.4. The van der Waals surface area contributed by atoms with Gasteiger partial charge in [0.2, 0.25) is 0 Å². The predicted molar refractivity (Wildman–Crippen MR) is 83.2 cm³/mol. The third-order valence-corrected chi connectivity index (χ3v) is 3.91. The highest BCUT2D eigenvalue weighted by molar-refractivity contribution is 5.94. The number of fused-ring (bicyclic) bond motifs is 1. The average Bonchev–Trinajstić information content (AvgIpc) is 3.07. The Labute approximate surface area is 132 Å². The van der Waals surface area contributed by atoms with Crippen molar-refractivity contribution >= 4 is 22.8 Å². The molecule has 0 saturated carbocycles. The van der Waals surface area contributed by atoms with Gasteiger partial charge in [0.1, 0.15) is 11.1 Å². The average molecular weight is 315 g/mol. The molecule has 6 nitrogen and oxygen atoms in total. The maximum absolute atomic E-state index is 12.2. The van der Waals surface area contributed by atoms with Gasteiger partial charge in [0, 0.05) is 18.5 Å². The minimum Gasteiger partial charge on any atom is -0.449 e. The van der Waals surface area contributed by atoms with Gasteiger partial charge in [0.25, 0.3) is 5.91 Å². The molecule has 1 aliphatic rings. The Morgan fingerprint density at radius 2 is 1.91 bits per heavy atom. The number of benzene rings is 1. The van der Waals surface area contributed by atoms with Crippen LogP contribution in [0.15, 0.2) is 39.5 Å². The molecule has 0 spiro atoms. The van der Waals surface area contributed by atoms with E-state index in [0.29, 0.717) is 24.1 Å². The molecule has 1 saturated heterocycles. The predicted octanol–water partition coefficient (Wildman–Crippen LogP) is 1.96. The van der Waals surface area contributed by atoms with Gasteiger partial charge in [0.15, 0.2) is 6.10 Å². The van der Waals surface area contributed by atoms with Crippen LogP contribution in [0.1, 0.15) is 30.1 Å². The molecule has 0 aliphatic carbocycles. The van der Waals surface area contributed by atoms with Crippen LogP contribution < -0.4 is 5.63 Å². The molecule has 1 aliphatic heterocycles. The van der Waals surface area contributed by atoms with E-state index in [9.17, 15) is 14.4 Å². The molecular formula is C17H17NO5. The zero-order valence-electron chi connectivity index (χ0n) is 12.8. The molecular weight excluding hydrogens is 298 g/mol. The highest BCUT2D eigenvalue weighted by Crippen LogP contribution is 2.15. The van der Waals surface area contributed by atoms with Gasteiger partial charge >= 0.3 is 11.6 Å². The lowest BCUT2D eigenvalue weighted by molar-refractivity contribution is -0.138. The second-order valence-corrected chi connectivity index (χ2v) is 5.57. The van der Waals surface area contributed by atoms with Crippen LogP contribution in [-0.4, -0.2) is 36.0 Å². The summed E-state index contributed by atoms with van der Waals surface area (Å²) in [5.74, 6) is -1.08. The Hall–Kier alpha value is -2.63. The van der Waals surface area contributed by atoms with E-state index in [-0.39, 0.29) is 11.5 Å². The van der Waals surface area contributed by atoms with Crippen LogP contribution in [0.3, 0.4) is 0 Å². The molecule has 0 N–H and O–H groups in total. The van der Waals surface area contributed by atoms with Gasteiger partial charge in [-0.2, -0.15) is 0 Å². The van der Waals surface area contributed by atoms with Crippen LogP contribution in [-0.2, 0) is 9.53 Å². The fraction of sp³-hybridized carbons (Fsp3) is 0.353. The highest BCUT2D eigenvalue weighted by atomic mass is 16.5. The number of rotatable bonds is 3. The molecule has 0 unspecified atom stereocenters. The van der Waals surface area contributed by atoms with Gasteiger partial charge in [-0.25, -0.2) is 9.59 Å². The number of hydrogen-bond donors (Lipinski definition) is 0. The van der Waals surface area contributed by atoms with Crippen molar-refractivity contribution < 1.29 is 18.7 Å². The normalized spacial score (nSPS) is 15.6. The number of likely N-dealkylation sites (tertiary alicyclic amines) is 1. The molecule has 0 radical (unpaired) electrons. The quantitative estimate of drug-likeness (QED) is 0.639. The zero-order valence-corrected chi connectivity index (χ0v) is 12.8. The molecule has 1 amide bonds. The van der Waals surface area contributed by atoms with E-state index in [1.807, 2.05) is 0 Å². The lowest BCUT2D eigenvalue weighted by Crippen LogP contribution is -2.38. The van der Waals surface area contributed by atoms with Gasteiger partial charge in [-0.3, -0.25) is 4.79 Å². The number of para-hydroxylation sites is 1. The summed E-state index contributed by atoms with van der Waals surface area (Å²) in [6.45, 7) is 2.87. The van der Waals surface area contributed by atoms with Gasteiger partial charge in [-0.15, -0.1) is 0 Å². The van der Waals surface area contributed by atoms with Crippen molar-refractivity contribution in [3.63, 3.8) is 0 Å². The molecule has 120 valence electrons. The smallest absolute Gasteiger partial charge is 0.351 e. The topological polar surface area (TPSA) is 76.8 Å². The number of hydrogen-bond acceptors (Lipinski definition) is 5. The largest absolute Gasteiger partial charge is 0.449 e. The van der Waals surface area contributed by atoms with E-state index in [1.165, 1.54) is 13.0 Å². The Morgan fingerprint density at radius 1 is 1.22 bits per heavy atom. The second-order valence-electron chi connectivity index (χ2n) is 5.57. The van der Waals surface area contributed by atoms with Crippen LogP contribution in [0, 0.1) is 0 Å². The van der Waals surface area contributed by atoms with Gasteiger partial charge in [0.05, 0.1) is 0 Å². The van der Waals surface area contributed by atoms with Gasteiger partial charge in [-0.05, 0) is 31.9 Å². The van der Waals surface area contributed by atoms with Crippen LogP contribution in [0.25, 0.3) is 11.0 Å². The Morgan fingerprint density at radius 3 is 2.65 bits per heavy atom. The van der Waals surface area contributed by atoms with Crippen molar-refractivity contribution in [2.24, 2.45) is 0 Å². The third-order valence-electron chi connectivity index (χ3n) is 3.91. The monoisotopic (exact) mass is 315 g/mol. The van der Waals surface area contributed by atoms with E-state index in [4.69, 9.17) is 9.15 Å². The first-order chi connectivity index (χ1) is 11.1. The first-order valence-electron chi connectivity index (χ1n) is 7.59. The minimum absolute atomic E-state index is 0.204. The summed E-state index contributed by atoms with van der Waals surface area (Å²) in [5.41, 5.74) is -0.575. The number of carbonyl (C=O) groups is 2. The van der Waals surface area contributed by atoms with E-state index < -0.39 is 17.7 Å². The molecule has 0 bridgehead atoms. The summed E-state index contributed by atoms with van der Waals surface area (Å²) in [6, 6.07) is 8.31. The molecule has 2 heterocycles. The van der Waals surface area contributed by atoms with Crippen molar-refractivity contribution in [2.75, 3.05) is 13.1 Å². The summed E-state index contributed by atoms with van der Waals surface area (Å²) in [6.07, 6.45) is 0.993. The van der Waals surface area contributed by atoms with Crippen molar-refractivity contribution in [1.29, 1.82) is 0 Å². The molecule has 1 aromatic heterocycles. The van der Waals surface area contributed by atoms with Gasteiger partial charge in [-0.1, -0.05) is 18.2 Å². The number of ether oxygens (including phenoxy) is 1. The fourth-order valence-electron chi connectivity index (χ4n) is 2.67. The third kappa shape index (κ3) is 3.11. The summed E-state index contributed by atoms with van der Waals surface area (Å²) >= 11 is 0. The summed E-state index contributed by atoms with van der Waals surface area (Å²) in [5, 5.41) is 0.623. The van der Waals surface area contributed by atoms with Crippen molar-refractivity contribution in [3.8, 4) is 0 Å². The number of nitrogens with zero attached hydrogens (tertiary/aromatic N) is 1. The lowest BCUT2D eigenvalue weighted by Gasteiger charge is -2.20. The highest BCUT2D eigenvalue weighted by Gasteiger charge is 2.27. The SMILES string of the molecule is C[C@@H](OC(=O)c1cc2ccccc2oc1=O)C(=O)N1CCCC1. The van der Waals surface area contributed by atoms with E-state index in [1.54, 1.807) is 29.2 Å². The minimum atomic E-state index is -0.925. The van der Waals surface area contributed by atoms with Crippen LogP contribution in [0.5, 0.6) is 0 Å². The number of esters is 1. The maximum Gasteiger partial charge on any atom is 0.351 e. The second kappa shape index (κ2) is 6.24. The van der Waals surface area contributed by atoms with E-state index >= 15 is 0 Å². The van der Waals surface area contributed by atoms with E-state index in [2.05, 4.69) is 0 Å². The van der Waals surface area contributed by atoms with Crippen molar-refractivity contribution in [2.45, 2.75) is 25.9 Å². The molecule has 23 heavy (non-hydrogen) atoms. The number of carbonyl (C=O) groups excluding carboxylic acids is 2. The summed E-state index contributed by atoms with van der Waals surface area (Å²) in [4.78, 5) is 37.9. The maximum atomic E-state index is 12.2. The lowest BCUT2D eigenvalue weighted by atomic mass is 10.2. The molecule has 1 fully saturated rings. The van der Waals surface area contributed by atoms with E-state index in [0.717, 1.165) is 12.8 Å². The Bertz CT molecular complexity index is 804. The van der Waals surface area contributed by atoms with Crippen LogP contribution in [0.4, 0.5) is 0 Å². The number of amides is 1. The van der Waals surface area contributed by atoms with Crippen LogP contribution >= 0.6 is 0 Å². The summed E-state index contributed by atoms with van der Waals surface area (Å²) < 4.78 is 10.3. The molecule has 1 atom stereocenters. The van der Waals surface area contributed by atoms with Gasteiger partial charge < -0.3 is 14.1 Å². The summed E-state index contributed by atoms with van der Waals surface area (Å²) in [7, 11) is 0. The fourth-order valence-corrected chi connectivity index (χ4v) is 2.67. The first-order valence-corrected chi connectivity index (χ1v) is 7.59. The Balaban J connectivity index is 1.78. The van der Waals surface area contributed by atoms with Crippen molar-refractivity contribution in [3.05, 3.63) is 46.3 Å². The first kappa shape index (κ1) is 15.3.